The van der Waals surface area contributed by atoms with Gasteiger partial charge in [-0.15, -0.1) is 0 Å². The predicted octanol–water partition coefficient (Wildman–Crippen LogP) is -1.41. The van der Waals surface area contributed by atoms with Gasteiger partial charge in [-0.3, -0.25) is 23.5 Å². The van der Waals surface area contributed by atoms with Gasteiger partial charge in [0.15, 0.2) is 35.1 Å². The van der Waals surface area contributed by atoms with Crippen LogP contribution in [0.5, 0.6) is 0 Å². The van der Waals surface area contributed by atoms with Crippen LogP contribution in [-0.4, -0.2) is 110 Å². The van der Waals surface area contributed by atoms with Crippen LogP contribution >= 0.6 is 7.60 Å². The van der Waals surface area contributed by atoms with Gasteiger partial charge in [0.25, 0.3) is 5.56 Å². The van der Waals surface area contributed by atoms with E-state index in [-0.39, 0.29) is 34.1 Å². The van der Waals surface area contributed by atoms with E-state index in [0.29, 0.717) is 0 Å². The molecule has 0 bridgehead atoms. The zero-order chi connectivity index (χ0) is 30.8. The summed E-state index contributed by atoms with van der Waals surface area (Å²) in [7, 11) is -3.68. The van der Waals surface area contributed by atoms with Crippen molar-refractivity contribution in [3.8, 4) is 0 Å². The van der Waals surface area contributed by atoms with E-state index >= 15 is 4.39 Å². The van der Waals surface area contributed by atoms with Gasteiger partial charge in [0.05, 0.1) is 25.9 Å². The number of nitrogens with one attached hydrogen (secondary N) is 1. The van der Waals surface area contributed by atoms with E-state index in [2.05, 4.69) is 29.9 Å². The summed E-state index contributed by atoms with van der Waals surface area (Å²) < 4.78 is 54.5. The molecule has 21 heteroatoms. The number of halogens is 1. The van der Waals surface area contributed by atoms with Crippen LogP contribution in [0.2, 0.25) is 0 Å². The van der Waals surface area contributed by atoms with Crippen LogP contribution in [0.4, 0.5) is 16.2 Å². The Bertz CT molecular complexity index is 1790. The van der Waals surface area contributed by atoms with Gasteiger partial charge in [-0.05, 0) is 6.92 Å². The minimum Gasteiger partial charge on any atom is -0.394 e. The molecule has 0 saturated carbocycles. The molecule has 0 spiro atoms. The number of aliphatic hydroxyl groups excluding tert-OH is 2. The summed E-state index contributed by atoms with van der Waals surface area (Å²) in [5.74, 6) is -0.165. The quantitative estimate of drug-likeness (QED) is 0.122. The number of aliphatic hydroxyl groups is 2. The molecule has 0 amide bonds. The first-order chi connectivity index (χ1) is 20.4. The maximum Gasteiger partial charge on any atom is 0.338 e. The SMILES string of the molecule is CO[C@H]1[C@H](n2cnc3c(N)ncnc32)O[C@](C)(COP(=O)(O)[C@@H]2[C@H](F)[C@@H](CO)O[C@H]2n2cnc3c(=O)[nH]c(N)nc32)[C@H]1O. The van der Waals surface area contributed by atoms with Gasteiger partial charge in [-0.2, -0.15) is 4.98 Å². The molecule has 0 radical (unpaired) electrons. The summed E-state index contributed by atoms with van der Waals surface area (Å²) in [6, 6.07) is 0. The second kappa shape index (κ2) is 10.5. The minimum absolute atomic E-state index is 0.118. The number of imidazole rings is 2. The normalized spacial score (nSPS) is 32.6. The molecule has 0 aliphatic carbocycles. The third kappa shape index (κ3) is 4.66. The van der Waals surface area contributed by atoms with Crippen molar-refractivity contribution >= 4 is 41.7 Å². The highest BCUT2D eigenvalue weighted by Crippen LogP contribution is 2.59. The molecule has 1 unspecified atom stereocenters. The Hall–Kier alpha value is -3.62. The van der Waals surface area contributed by atoms with Crippen molar-refractivity contribution in [3.63, 3.8) is 0 Å². The zero-order valence-corrected chi connectivity index (χ0v) is 23.5. The second-order valence-electron chi connectivity index (χ2n) is 10.3. The van der Waals surface area contributed by atoms with Gasteiger partial charge in [0, 0.05) is 7.11 Å². The van der Waals surface area contributed by atoms with Crippen LogP contribution in [0.3, 0.4) is 0 Å². The molecular formula is C22H28FN10O9P. The van der Waals surface area contributed by atoms with Gasteiger partial charge < -0.3 is 45.3 Å². The molecule has 2 aliphatic rings. The molecule has 9 atom stereocenters. The number of methoxy groups -OCH3 is 1. The lowest BCUT2D eigenvalue weighted by Gasteiger charge is -2.31. The molecule has 43 heavy (non-hydrogen) atoms. The van der Waals surface area contributed by atoms with Gasteiger partial charge in [-0.25, -0.2) is 24.3 Å². The van der Waals surface area contributed by atoms with Crippen molar-refractivity contribution in [1.29, 1.82) is 0 Å². The monoisotopic (exact) mass is 626 g/mol. The first-order valence-corrected chi connectivity index (χ1v) is 14.5. The van der Waals surface area contributed by atoms with E-state index < -0.39 is 74.6 Å². The highest BCUT2D eigenvalue weighted by Gasteiger charge is 2.59. The highest BCUT2D eigenvalue weighted by molar-refractivity contribution is 7.53. The number of anilines is 2. The molecule has 2 aliphatic heterocycles. The highest BCUT2D eigenvalue weighted by atomic mass is 31.2. The van der Waals surface area contributed by atoms with Crippen LogP contribution in [0.1, 0.15) is 19.4 Å². The van der Waals surface area contributed by atoms with E-state index in [1.807, 2.05) is 0 Å². The van der Waals surface area contributed by atoms with E-state index in [9.17, 15) is 24.5 Å². The van der Waals surface area contributed by atoms with Crippen LogP contribution in [0.15, 0.2) is 23.8 Å². The fourth-order valence-electron chi connectivity index (χ4n) is 5.41. The van der Waals surface area contributed by atoms with E-state index in [0.717, 1.165) is 10.9 Å². The number of alkyl halides is 1. The minimum atomic E-state index is -5.01. The maximum atomic E-state index is 15.6. The van der Waals surface area contributed by atoms with E-state index in [1.54, 1.807) is 0 Å². The molecule has 2 fully saturated rings. The number of nitrogens with zero attached hydrogens (tertiary/aromatic N) is 7. The summed E-state index contributed by atoms with van der Waals surface area (Å²) >= 11 is 0. The fraction of sp³-hybridized carbons (Fsp3) is 0.545. The largest absolute Gasteiger partial charge is 0.394 e. The number of nitrogen functional groups attached to an aromatic ring is 2. The number of nitrogens with two attached hydrogens (primary N) is 2. The number of H-pyrrole nitrogens is 1. The van der Waals surface area contributed by atoms with Crippen LogP contribution < -0.4 is 17.0 Å². The van der Waals surface area contributed by atoms with Crippen molar-refractivity contribution in [2.45, 2.75) is 55.1 Å². The molecule has 8 N–H and O–H groups in total. The molecule has 4 aromatic heterocycles. The molecule has 19 nitrogen and oxygen atoms in total. The standard InChI is InChI=1S/C22H28FN10O9P/c1-22(14(35)12(39-2)19(42-22)32-6-28-10-15(24)26-5-27-16(10)32)4-40-43(37,38)13-9(23)8(3-34)41-20(13)33-7-29-11-17(33)30-21(25)31-18(11)36/h5-9,12-14,19-20,34-35H,3-4H2,1-2H3,(H,37,38)(H2,24,26,27)(H3,25,30,31,36)/t8-,9-,12-,13-,14+,19-,20-,22-/m1/s1. The van der Waals surface area contributed by atoms with Crippen molar-refractivity contribution in [2.24, 2.45) is 0 Å². The molecular weight excluding hydrogens is 598 g/mol. The van der Waals surface area contributed by atoms with Gasteiger partial charge >= 0.3 is 7.60 Å². The number of fused-ring (bicyclic) bond motifs is 2. The van der Waals surface area contributed by atoms with Crippen molar-refractivity contribution in [3.05, 3.63) is 29.3 Å². The number of hydrogen-bond acceptors (Lipinski definition) is 15. The van der Waals surface area contributed by atoms with Gasteiger partial charge in [-0.1, -0.05) is 0 Å². The average molecular weight is 626 g/mol. The topological polar surface area (TPSA) is 274 Å². The fourth-order valence-corrected chi connectivity index (χ4v) is 7.12. The molecule has 6 heterocycles. The lowest BCUT2D eigenvalue weighted by Crippen LogP contribution is -2.45. The first kappa shape index (κ1) is 29.5. The summed E-state index contributed by atoms with van der Waals surface area (Å²) in [6.45, 7) is -0.126. The summed E-state index contributed by atoms with van der Waals surface area (Å²) in [5, 5.41) is 20.9. The lowest BCUT2D eigenvalue weighted by atomic mass is 9.98. The molecule has 0 aromatic carbocycles. The van der Waals surface area contributed by atoms with Gasteiger partial charge in [0.1, 0.15) is 47.6 Å². The smallest absolute Gasteiger partial charge is 0.338 e. The molecule has 4 aromatic rings. The molecule has 232 valence electrons. The molecule has 2 saturated heterocycles. The number of ether oxygens (including phenoxy) is 3. The second-order valence-corrected chi connectivity index (χ2v) is 12.3. The number of rotatable bonds is 8. The predicted molar refractivity (Wildman–Crippen MR) is 143 cm³/mol. The maximum absolute atomic E-state index is 15.6. The van der Waals surface area contributed by atoms with Crippen molar-refractivity contribution in [1.82, 2.24) is 39.0 Å². The Morgan fingerprint density at radius 3 is 2.56 bits per heavy atom. The Morgan fingerprint density at radius 2 is 1.86 bits per heavy atom. The van der Waals surface area contributed by atoms with E-state index in [4.69, 9.17) is 30.2 Å². The Balaban J connectivity index is 1.29. The van der Waals surface area contributed by atoms with Crippen molar-refractivity contribution in [2.75, 3.05) is 31.8 Å². The third-order valence-electron chi connectivity index (χ3n) is 7.65. The van der Waals surface area contributed by atoms with Crippen LogP contribution in [0.25, 0.3) is 22.3 Å². The van der Waals surface area contributed by atoms with E-state index in [1.165, 1.54) is 31.3 Å². The zero-order valence-electron chi connectivity index (χ0n) is 22.6. The van der Waals surface area contributed by atoms with Crippen molar-refractivity contribution < 1.29 is 42.8 Å². The Morgan fingerprint density at radius 1 is 1.16 bits per heavy atom. The Kier molecular flexibility index (Phi) is 7.21. The first-order valence-electron chi connectivity index (χ1n) is 12.8. The number of hydrogen-bond donors (Lipinski definition) is 6. The Labute approximate surface area is 240 Å². The molecule has 6 rings (SSSR count). The third-order valence-corrected chi connectivity index (χ3v) is 9.44. The lowest BCUT2D eigenvalue weighted by molar-refractivity contribution is -0.113. The summed E-state index contributed by atoms with van der Waals surface area (Å²) in [4.78, 5) is 45.8. The van der Waals surface area contributed by atoms with Crippen LogP contribution in [0, 0.1) is 0 Å². The summed E-state index contributed by atoms with van der Waals surface area (Å²) in [5.41, 5.74) is 7.48. The summed E-state index contributed by atoms with van der Waals surface area (Å²) in [6.07, 6.45) is -5.13. The number of aromatic nitrogens is 8. The number of aromatic amines is 1. The average Bonchev–Trinajstić information content (AvgIpc) is 3.71. The van der Waals surface area contributed by atoms with Gasteiger partial charge in [0.2, 0.25) is 5.95 Å². The van der Waals surface area contributed by atoms with Crippen LogP contribution in [-0.2, 0) is 23.3 Å².